The molecule has 150 valence electrons. The van der Waals surface area contributed by atoms with Crippen LogP contribution in [0.2, 0.25) is 0 Å². The molecule has 1 fully saturated rings. The Hall–Kier alpha value is -2.32. The maximum atomic E-state index is 14.5. The number of rotatable bonds is 3. The molecule has 0 unspecified atom stereocenters. The summed E-state index contributed by atoms with van der Waals surface area (Å²) in [7, 11) is -3.85. The van der Waals surface area contributed by atoms with Crippen molar-refractivity contribution in [2.24, 2.45) is 0 Å². The largest absolute Gasteiger partial charge is 0.482 e. The highest BCUT2D eigenvalue weighted by Gasteiger charge is 2.40. The molecule has 28 heavy (non-hydrogen) atoms. The van der Waals surface area contributed by atoms with Crippen molar-refractivity contribution in [3.63, 3.8) is 0 Å². The molecule has 2 heterocycles. The van der Waals surface area contributed by atoms with E-state index in [2.05, 4.69) is 5.32 Å². The lowest BCUT2D eigenvalue weighted by Gasteiger charge is -2.42. The van der Waals surface area contributed by atoms with Crippen molar-refractivity contribution in [1.82, 2.24) is 5.32 Å². The van der Waals surface area contributed by atoms with Crippen LogP contribution in [-0.2, 0) is 10.0 Å². The summed E-state index contributed by atoms with van der Waals surface area (Å²) in [6.07, 6.45) is 0. The van der Waals surface area contributed by atoms with Crippen molar-refractivity contribution in [1.29, 1.82) is 0 Å². The fraction of sp³-hybridized carbons (Fsp3) is 0.400. The van der Waals surface area contributed by atoms with Crippen molar-refractivity contribution in [2.45, 2.75) is 24.3 Å². The number of piperazine rings is 1. The molecular formula is C20H24FN3O3S. The maximum Gasteiger partial charge on any atom is 0.264 e. The van der Waals surface area contributed by atoms with E-state index in [4.69, 9.17) is 4.74 Å². The second-order valence-electron chi connectivity index (χ2n) is 7.70. The predicted octanol–water partition coefficient (Wildman–Crippen LogP) is 2.60. The Morgan fingerprint density at radius 3 is 2.39 bits per heavy atom. The molecule has 0 spiro atoms. The molecule has 2 aromatic carbocycles. The molecule has 2 aliphatic rings. The van der Waals surface area contributed by atoms with Crippen LogP contribution in [0, 0.1) is 5.82 Å². The minimum Gasteiger partial charge on any atom is -0.482 e. The highest BCUT2D eigenvalue weighted by atomic mass is 32.2. The lowest BCUT2D eigenvalue weighted by atomic mass is 10.1. The quantitative estimate of drug-likeness (QED) is 0.851. The number of hydrogen-bond acceptors (Lipinski definition) is 5. The van der Waals surface area contributed by atoms with Gasteiger partial charge in [0.2, 0.25) is 0 Å². The lowest BCUT2D eigenvalue weighted by Crippen LogP contribution is -2.50. The minimum absolute atomic E-state index is 0.0989. The summed E-state index contributed by atoms with van der Waals surface area (Å²) in [6.45, 7) is 6.74. The first-order valence-corrected chi connectivity index (χ1v) is 10.8. The minimum atomic E-state index is -3.85. The molecule has 0 atom stereocenters. The Morgan fingerprint density at radius 2 is 1.71 bits per heavy atom. The van der Waals surface area contributed by atoms with Gasteiger partial charge in [0, 0.05) is 38.3 Å². The number of benzene rings is 2. The van der Waals surface area contributed by atoms with Crippen LogP contribution in [0.4, 0.5) is 15.8 Å². The Morgan fingerprint density at radius 1 is 1.07 bits per heavy atom. The molecule has 2 aliphatic heterocycles. The Kier molecular flexibility index (Phi) is 4.71. The first kappa shape index (κ1) is 19.0. The number of nitrogens with zero attached hydrogens (tertiary/aromatic N) is 2. The summed E-state index contributed by atoms with van der Waals surface area (Å²) in [6, 6.07) is 10.9. The molecule has 1 N–H and O–H groups in total. The number of hydrogen-bond donors (Lipinski definition) is 1. The van der Waals surface area contributed by atoms with Crippen LogP contribution in [0.3, 0.4) is 0 Å². The summed E-state index contributed by atoms with van der Waals surface area (Å²) in [5.41, 5.74) is 0.0874. The molecule has 4 rings (SSSR count). The van der Waals surface area contributed by atoms with Gasteiger partial charge in [-0.1, -0.05) is 18.2 Å². The average Bonchev–Trinajstić information content (AvgIpc) is 2.68. The predicted molar refractivity (Wildman–Crippen MR) is 107 cm³/mol. The second-order valence-corrected chi connectivity index (χ2v) is 9.56. The third-order valence-electron chi connectivity index (χ3n) is 4.97. The zero-order valence-corrected chi connectivity index (χ0v) is 16.8. The summed E-state index contributed by atoms with van der Waals surface area (Å²) in [5, 5.41) is 3.27. The van der Waals surface area contributed by atoms with Gasteiger partial charge < -0.3 is 15.0 Å². The number of anilines is 2. The topological polar surface area (TPSA) is 61.9 Å². The van der Waals surface area contributed by atoms with Gasteiger partial charge in [0.15, 0.2) is 5.75 Å². The Balaban J connectivity index is 1.87. The lowest BCUT2D eigenvalue weighted by molar-refractivity contribution is 0.111. The van der Waals surface area contributed by atoms with E-state index in [0.29, 0.717) is 24.5 Å². The number of sulfonamides is 1. The van der Waals surface area contributed by atoms with Gasteiger partial charge in [-0.25, -0.2) is 12.8 Å². The van der Waals surface area contributed by atoms with Gasteiger partial charge in [-0.2, -0.15) is 0 Å². The molecular weight excluding hydrogens is 381 g/mol. The van der Waals surface area contributed by atoms with Gasteiger partial charge >= 0.3 is 0 Å². The molecule has 0 bridgehead atoms. The van der Waals surface area contributed by atoms with Gasteiger partial charge in [0.1, 0.15) is 11.4 Å². The normalized spacial score (nSPS) is 19.1. The first-order valence-electron chi connectivity index (χ1n) is 9.34. The van der Waals surface area contributed by atoms with Crippen LogP contribution in [0.25, 0.3) is 0 Å². The van der Waals surface area contributed by atoms with Crippen molar-refractivity contribution in [2.75, 3.05) is 41.9 Å². The molecule has 0 aromatic heterocycles. The number of fused-ring (bicyclic) bond motifs is 1. The van der Waals surface area contributed by atoms with Gasteiger partial charge in [0.05, 0.1) is 22.8 Å². The average molecular weight is 405 g/mol. The summed E-state index contributed by atoms with van der Waals surface area (Å²) in [5.74, 6) is -0.0668. The van der Waals surface area contributed by atoms with Crippen molar-refractivity contribution in [3.05, 3.63) is 48.3 Å². The van der Waals surface area contributed by atoms with Crippen molar-refractivity contribution < 1.29 is 17.5 Å². The summed E-state index contributed by atoms with van der Waals surface area (Å²) in [4.78, 5) is 2.21. The van der Waals surface area contributed by atoms with E-state index in [1.54, 1.807) is 30.3 Å². The number of ether oxygens (including phenoxy) is 1. The number of nitrogens with one attached hydrogen (secondary N) is 1. The molecule has 0 amide bonds. The van der Waals surface area contributed by atoms with E-state index in [0.717, 1.165) is 13.1 Å². The molecule has 8 heteroatoms. The third kappa shape index (κ3) is 3.42. The van der Waals surface area contributed by atoms with E-state index >= 15 is 0 Å². The van der Waals surface area contributed by atoms with Crippen molar-refractivity contribution in [3.8, 4) is 5.75 Å². The Labute approximate surface area is 165 Å². The molecule has 6 nitrogen and oxygen atoms in total. The molecule has 0 aliphatic carbocycles. The van der Waals surface area contributed by atoms with Crippen LogP contribution < -0.4 is 19.3 Å². The second kappa shape index (κ2) is 6.93. The van der Waals surface area contributed by atoms with E-state index < -0.39 is 21.4 Å². The monoisotopic (exact) mass is 405 g/mol. The summed E-state index contributed by atoms with van der Waals surface area (Å²) < 4.78 is 48.7. The van der Waals surface area contributed by atoms with E-state index in [1.807, 2.05) is 18.7 Å². The highest BCUT2D eigenvalue weighted by molar-refractivity contribution is 7.92. The Bertz CT molecular complexity index is 974. The molecule has 1 saturated heterocycles. The fourth-order valence-corrected chi connectivity index (χ4v) is 5.30. The first-order chi connectivity index (χ1) is 13.3. The van der Waals surface area contributed by atoms with Gasteiger partial charge in [0.25, 0.3) is 10.0 Å². The summed E-state index contributed by atoms with van der Waals surface area (Å²) >= 11 is 0. The van der Waals surface area contributed by atoms with E-state index in [-0.39, 0.29) is 17.1 Å². The van der Waals surface area contributed by atoms with E-state index in [1.165, 1.54) is 16.4 Å². The number of halogens is 1. The van der Waals surface area contributed by atoms with E-state index in [9.17, 15) is 12.8 Å². The van der Waals surface area contributed by atoms with Crippen LogP contribution in [0.15, 0.2) is 47.4 Å². The maximum absolute atomic E-state index is 14.5. The SMILES string of the molecule is CC1(C)CN(S(=O)(=O)c2ccccc2)c2cc(F)cc(N3CCNCC3)c2O1. The molecule has 0 radical (unpaired) electrons. The third-order valence-corrected chi connectivity index (χ3v) is 6.75. The van der Waals surface area contributed by atoms with Crippen LogP contribution in [-0.4, -0.2) is 46.7 Å². The van der Waals surface area contributed by atoms with Crippen LogP contribution in [0.5, 0.6) is 5.75 Å². The molecule has 0 saturated carbocycles. The zero-order chi connectivity index (χ0) is 19.9. The standard InChI is InChI=1S/C20H24FN3O3S/c1-20(2)14-24(28(25,26)16-6-4-3-5-7-16)18-13-15(21)12-17(19(18)27-20)23-10-8-22-9-11-23/h3-7,12-13,22H,8-11,14H2,1-2H3. The highest BCUT2D eigenvalue weighted by Crippen LogP contribution is 2.46. The van der Waals surface area contributed by atoms with Crippen LogP contribution >= 0.6 is 0 Å². The zero-order valence-electron chi connectivity index (χ0n) is 16.0. The van der Waals surface area contributed by atoms with Crippen molar-refractivity contribution >= 4 is 21.4 Å². The van der Waals surface area contributed by atoms with Crippen LogP contribution in [0.1, 0.15) is 13.8 Å². The van der Waals surface area contributed by atoms with Gasteiger partial charge in [-0.3, -0.25) is 4.31 Å². The fourth-order valence-electron chi connectivity index (χ4n) is 3.67. The molecule has 2 aromatic rings. The van der Waals surface area contributed by atoms with Gasteiger partial charge in [-0.05, 0) is 26.0 Å². The van der Waals surface area contributed by atoms with Gasteiger partial charge in [-0.15, -0.1) is 0 Å². The smallest absolute Gasteiger partial charge is 0.264 e.